The largest absolute Gasteiger partial charge is 0.494 e. The zero-order chi connectivity index (χ0) is 13.9. The predicted molar refractivity (Wildman–Crippen MR) is 67.3 cm³/mol. The quantitative estimate of drug-likeness (QED) is 0.783. The van der Waals surface area contributed by atoms with Gasteiger partial charge in [-0.3, -0.25) is 13.9 Å². The fourth-order valence-corrected chi connectivity index (χ4v) is 2.41. The number of rotatable bonds is 5. The topological polar surface area (TPSA) is 96.6 Å². The molecule has 1 aromatic rings. The number of pyridine rings is 1. The molecule has 0 aliphatic heterocycles. The van der Waals surface area contributed by atoms with Gasteiger partial charge in [-0.15, -0.1) is 0 Å². The molecule has 0 fully saturated rings. The van der Waals surface area contributed by atoms with Crippen molar-refractivity contribution in [2.45, 2.75) is 39.0 Å². The lowest BCUT2D eigenvalue weighted by Gasteiger charge is -2.13. The average Bonchev–Trinajstić information content (AvgIpc) is 2.23. The zero-order valence-corrected chi connectivity index (χ0v) is 11.2. The molecule has 1 rings (SSSR count). The van der Waals surface area contributed by atoms with Gasteiger partial charge in [0.2, 0.25) is 0 Å². The van der Waals surface area contributed by atoms with Crippen molar-refractivity contribution >= 4 is 10.1 Å². The lowest BCUT2D eigenvalue weighted by Crippen LogP contribution is -2.22. The van der Waals surface area contributed by atoms with Gasteiger partial charge in [-0.05, 0) is 18.9 Å². The van der Waals surface area contributed by atoms with Gasteiger partial charge >= 0.3 is 0 Å². The fourth-order valence-electron chi connectivity index (χ4n) is 1.69. The molecule has 0 bridgehead atoms. The third-order valence-electron chi connectivity index (χ3n) is 2.67. The molecule has 1 heterocycles. The predicted octanol–water partition coefficient (Wildman–Crippen LogP) is 1.05. The van der Waals surface area contributed by atoms with Crippen LogP contribution in [0.25, 0.3) is 0 Å². The summed E-state index contributed by atoms with van der Waals surface area (Å²) >= 11 is 0. The molecule has 102 valence electrons. The maximum Gasteiger partial charge on any atom is 0.269 e. The van der Waals surface area contributed by atoms with E-state index in [-0.39, 0.29) is 17.0 Å². The van der Waals surface area contributed by atoms with Gasteiger partial charge < -0.3 is 5.11 Å². The van der Waals surface area contributed by atoms with Crippen molar-refractivity contribution in [3.8, 4) is 5.88 Å². The first-order valence-corrected chi connectivity index (χ1v) is 7.24. The van der Waals surface area contributed by atoms with Gasteiger partial charge in [0.25, 0.3) is 15.7 Å². The molecule has 2 N–H and O–H groups in total. The van der Waals surface area contributed by atoms with Gasteiger partial charge in [0, 0.05) is 18.2 Å². The summed E-state index contributed by atoms with van der Waals surface area (Å²) in [5, 5.41) is 9.93. The molecule has 7 heteroatoms. The molecule has 0 aromatic carbocycles. The molecule has 0 saturated carbocycles. The van der Waals surface area contributed by atoms with Crippen LogP contribution < -0.4 is 5.56 Å². The zero-order valence-electron chi connectivity index (χ0n) is 10.4. The van der Waals surface area contributed by atoms with Crippen LogP contribution >= 0.6 is 0 Å². The Morgan fingerprint density at radius 1 is 1.39 bits per heavy atom. The Balaban J connectivity index is 3.31. The van der Waals surface area contributed by atoms with Crippen molar-refractivity contribution in [3.63, 3.8) is 0 Å². The molecule has 0 radical (unpaired) electrons. The van der Waals surface area contributed by atoms with E-state index in [1.165, 1.54) is 13.0 Å². The summed E-state index contributed by atoms with van der Waals surface area (Å²) in [7, 11) is -4.25. The molecular formula is C11H17NO5S. The Bertz CT molecular complexity index is 588. The standard InChI is InChI=1S/C11H17NO5S/c1-3-4-5-12-10(13)6-8(2)9(11(12)14)7-18(15,16)17/h6,14H,3-5,7H2,1-2H3,(H,15,16,17). The third-order valence-corrected chi connectivity index (χ3v) is 3.32. The highest BCUT2D eigenvalue weighted by Crippen LogP contribution is 2.21. The van der Waals surface area contributed by atoms with Crippen LogP contribution in [0.2, 0.25) is 0 Å². The highest BCUT2D eigenvalue weighted by molar-refractivity contribution is 7.85. The second-order valence-corrected chi connectivity index (χ2v) is 5.65. The second kappa shape index (κ2) is 5.53. The maximum absolute atomic E-state index is 11.7. The molecular weight excluding hydrogens is 258 g/mol. The van der Waals surface area contributed by atoms with Crippen molar-refractivity contribution in [1.29, 1.82) is 0 Å². The first-order chi connectivity index (χ1) is 8.26. The van der Waals surface area contributed by atoms with Crippen molar-refractivity contribution in [2.75, 3.05) is 0 Å². The Morgan fingerprint density at radius 3 is 2.50 bits per heavy atom. The van der Waals surface area contributed by atoms with E-state index in [1.807, 2.05) is 6.92 Å². The van der Waals surface area contributed by atoms with Crippen LogP contribution in [0, 0.1) is 6.92 Å². The van der Waals surface area contributed by atoms with E-state index in [1.54, 1.807) is 0 Å². The molecule has 0 spiro atoms. The van der Waals surface area contributed by atoms with Gasteiger partial charge in [-0.1, -0.05) is 13.3 Å². The van der Waals surface area contributed by atoms with Gasteiger partial charge in [0.05, 0.1) is 0 Å². The van der Waals surface area contributed by atoms with Crippen molar-refractivity contribution < 1.29 is 18.1 Å². The summed E-state index contributed by atoms with van der Waals surface area (Å²) in [4.78, 5) is 11.7. The highest BCUT2D eigenvalue weighted by Gasteiger charge is 2.17. The van der Waals surface area contributed by atoms with Crippen LogP contribution in [0.15, 0.2) is 10.9 Å². The van der Waals surface area contributed by atoms with Gasteiger partial charge in [0.15, 0.2) is 5.88 Å². The first kappa shape index (κ1) is 14.7. The lowest BCUT2D eigenvalue weighted by atomic mass is 10.1. The van der Waals surface area contributed by atoms with Crippen molar-refractivity contribution in [2.24, 2.45) is 0 Å². The van der Waals surface area contributed by atoms with E-state index in [0.717, 1.165) is 11.0 Å². The minimum Gasteiger partial charge on any atom is -0.494 e. The number of hydrogen-bond donors (Lipinski definition) is 2. The summed E-state index contributed by atoms with van der Waals surface area (Å²) < 4.78 is 31.7. The summed E-state index contributed by atoms with van der Waals surface area (Å²) in [6, 6.07) is 1.26. The van der Waals surface area contributed by atoms with E-state index >= 15 is 0 Å². The molecule has 6 nitrogen and oxygen atoms in total. The van der Waals surface area contributed by atoms with E-state index in [0.29, 0.717) is 18.5 Å². The molecule has 1 aromatic heterocycles. The Labute approximate surface area is 106 Å². The molecule has 0 aliphatic carbocycles. The molecule has 0 atom stereocenters. The van der Waals surface area contributed by atoms with Crippen LogP contribution in [-0.2, 0) is 22.4 Å². The number of nitrogens with zero attached hydrogens (tertiary/aromatic N) is 1. The van der Waals surface area contributed by atoms with E-state index in [4.69, 9.17) is 4.55 Å². The SMILES string of the molecule is CCCCn1c(O)c(CS(=O)(=O)O)c(C)cc1=O. The summed E-state index contributed by atoms with van der Waals surface area (Å²) in [5.74, 6) is -1.08. The van der Waals surface area contributed by atoms with Crippen LogP contribution in [0.1, 0.15) is 30.9 Å². The van der Waals surface area contributed by atoms with Crippen molar-refractivity contribution in [3.05, 3.63) is 27.5 Å². The van der Waals surface area contributed by atoms with Crippen molar-refractivity contribution in [1.82, 2.24) is 4.57 Å². The normalized spacial score (nSPS) is 11.7. The fraction of sp³-hybridized carbons (Fsp3) is 0.545. The summed E-state index contributed by atoms with van der Waals surface area (Å²) in [5.41, 5.74) is 0.0358. The van der Waals surface area contributed by atoms with Gasteiger partial charge in [0.1, 0.15) is 5.75 Å². The van der Waals surface area contributed by atoms with Gasteiger partial charge in [-0.25, -0.2) is 0 Å². The van der Waals surface area contributed by atoms with E-state index in [2.05, 4.69) is 0 Å². The van der Waals surface area contributed by atoms with E-state index in [9.17, 15) is 18.3 Å². The number of aryl methyl sites for hydroxylation is 1. The maximum atomic E-state index is 11.7. The number of hydrogen-bond acceptors (Lipinski definition) is 4. The molecule has 18 heavy (non-hydrogen) atoms. The van der Waals surface area contributed by atoms with Crippen LogP contribution in [-0.4, -0.2) is 22.6 Å². The second-order valence-electron chi connectivity index (χ2n) is 4.20. The summed E-state index contributed by atoms with van der Waals surface area (Å²) in [6.45, 7) is 3.78. The third kappa shape index (κ3) is 3.58. The smallest absolute Gasteiger partial charge is 0.269 e. The molecule has 0 amide bonds. The average molecular weight is 275 g/mol. The Kier molecular flexibility index (Phi) is 4.53. The number of aromatic hydroxyl groups is 1. The monoisotopic (exact) mass is 275 g/mol. The minimum atomic E-state index is -4.25. The van der Waals surface area contributed by atoms with Crippen LogP contribution in [0.4, 0.5) is 0 Å². The summed E-state index contributed by atoms with van der Waals surface area (Å²) in [6.07, 6.45) is 1.54. The van der Waals surface area contributed by atoms with Crippen LogP contribution in [0.3, 0.4) is 0 Å². The molecule has 0 aliphatic rings. The number of unbranched alkanes of at least 4 members (excludes halogenated alkanes) is 1. The first-order valence-electron chi connectivity index (χ1n) is 5.63. The van der Waals surface area contributed by atoms with Crippen LogP contribution in [0.5, 0.6) is 5.88 Å². The van der Waals surface area contributed by atoms with E-state index < -0.39 is 15.9 Å². The molecule has 0 saturated heterocycles. The molecule has 0 unspecified atom stereocenters. The number of aromatic nitrogens is 1. The van der Waals surface area contributed by atoms with Gasteiger partial charge in [-0.2, -0.15) is 8.42 Å². The Morgan fingerprint density at radius 2 is 2.00 bits per heavy atom. The lowest BCUT2D eigenvalue weighted by molar-refractivity contribution is 0.394. The highest BCUT2D eigenvalue weighted by atomic mass is 32.2. The Hall–Kier alpha value is -1.34. The minimum absolute atomic E-state index is 0.0632.